The van der Waals surface area contributed by atoms with Crippen molar-refractivity contribution in [1.82, 2.24) is 9.97 Å². The topological polar surface area (TPSA) is 112 Å². The van der Waals surface area contributed by atoms with Crippen molar-refractivity contribution in [2.45, 2.75) is 12.1 Å². The lowest BCUT2D eigenvalue weighted by molar-refractivity contribution is 0.599. The number of nitrogens with two attached hydrogens (primary N) is 2. The second-order valence-electron chi connectivity index (χ2n) is 3.09. The second-order valence-corrected chi connectivity index (χ2v) is 6.62. The molecule has 0 atom stereocenters. The molecule has 0 aromatic carbocycles. The molecular formula is C8H14N4O2S2. The fourth-order valence-corrected chi connectivity index (χ4v) is 3.09. The van der Waals surface area contributed by atoms with Gasteiger partial charge in [-0.3, -0.25) is 0 Å². The van der Waals surface area contributed by atoms with Crippen LogP contribution in [0.2, 0.25) is 0 Å². The molecule has 0 aliphatic heterocycles. The largest absolute Gasteiger partial charge is 0.383 e. The molecule has 1 aromatic rings. The summed E-state index contributed by atoms with van der Waals surface area (Å²) in [5.41, 5.74) is 11.0. The molecule has 0 radical (unpaired) electrons. The predicted octanol–water partition coefficient (Wildman–Crippen LogP) is 0.168. The lowest BCUT2D eigenvalue weighted by Gasteiger charge is -2.02. The number of sulfone groups is 1. The summed E-state index contributed by atoms with van der Waals surface area (Å²) in [7, 11) is -2.95. The number of rotatable bonds is 5. The van der Waals surface area contributed by atoms with Crippen LogP contribution in [0.3, 0.4) is 0 Å². The third kappa shape index (κ3) is 4.23. The SMILES string of the molecule is CCS(=O)(=O)CCSc1nc(N)cc(N)n1. The van der Waals surface area contributed by atoms with Crippen LogP contribution in [-0.2, 0) is 9.84 Å². The Bertz CT molecular complexity index is 441. The molecule has 4 N–H and O–H groups in total. The van der Waals surface area contributed by atoms with Crippen LogP contribution in [0, 0.1) is 0 Å². The van der Waals surface area contributed by atoms with Crippen molar-refractivity contribution < 1.29 is 8.42 Å². The Balaban J connectivity index is 2.55. The minimum Gasteiger partial charge on any atom is -0.383 e. The number of nitrogen functional groups attached to an aromatic ring is 2. The third-order valence-electron chi connectivity index (χ3n) is 1.81. The highest BCUT2D eigenvalue weighted by Gasteiger charge is 2.08. The number of aromatic nitrogens is 2. The van der Waals surface area contributed by atoms with Gasteiger partial charge in [0, 0.05) is 17.6 Å². The van der Waals surface area contributed by atoms with Gasteiger partial charge in [-0.2, -0.15) is 0 Å². The molecule has 0 aliphatic carbocycles. The summed E-state index contributed by atoms with van der Waals surface area (Å²) < 4.78 is 22.4. The summed E-state index contributed by atoms with van der Waals surface area (Å²) >= 11 is 1.23. The fraction of sp³-hybridized carbons (Fsp3) is 0.500. The van der Waals surface area contributed by atoms with Crippen molar-refractivity contribution in [2.75, 3.05) is 28.7 Å². The van der Waals surface area contributed by atoms with E-state index in [4.69, 9.17) is 11.5 Å². The lowest BCUT2D eigenvalue weighted by atomic mass is 10.5. The number of thioether (sulfide) groups is 1. The van der Waals surface area contributed by atoms with Gasteiger partial charge in [-0.1, -0.05) is 18.7 Å². The summed E-state index contributed by atoms with van der Waals surface area (Å²) in [6.45, 7) is 1.62. The van der Waals surface area contributed by atoms with Crippen LogP contribution in [0.4, 0.5) is 11.6 Å². The third-order valence-corrected chi connectivity index (χ3v) is 4.62. The molecule has 8 heteroatoms. The fourth-order valence-electron chi connectivity index (χ4n) is 0.931. The molecule has 0 spiro atoms. The van der Waals surface area contributed by atoms with E-state index in [2.05, 4.69) is 9.97 Å². The van der Waals surface area contributed by atoms with Crippen molar-refractivity contribution in [1.29, 1.82) is 0 Å². The van der Waals surface area contributed by atoms with Gasteiger partial charge in [-0.15, -0.1) is 0 Å². The highest BCUT2D eigenvalue weighted by Crippen LogP contribution is 2.16. The Morgan fingerprint density at radius 1 is 1.31 bits per heavy atom. The monoisotopic (exact) mass is 262 g/mol. The van der Waals surface area contributed by atoms with Crippen molar-refractivity contribution in [2.24, 2.45) is 0 Å². The van der Waals surface area contributed by atoms with Gasteiger partial charge in [0.1, 0.15) is 11.6 Å². The van der Waals surface area contributed by atoms with E-state index in [0.717, 1.165) is 0 Å². The van der Waals surface area contributed by atoms with Gasteiger partial charge in [0.2, 0.25) is 0 Å². The number of anilines is 2. The molecule has 0 unspecified atom stereocenters. The molecule has 1 heterocycles. The molecular weight excluding hydrogens is 248 g/mol. The number of nitrogens with zero attached hydrogens (tertiary/aromatic N) is 2. The quantitative estimate of drug-likeness (QED) is 0.574. The maximum absolute atomic E-state index is 11.2. The Labute approximate surface area is 98.8 Å². The normalized spacial score (nSPS) is 11.6. The molecule has 1 aromatic heterocycles. The molecule has 90 valence electrons. The van der Waals surface area contributed by atoms with E-state index >= 15 is 0 Å². The first-order valence-corrected chi connectivity index (χ1v) is 7.47. The van der Waals surface area contributed by atoms with E-state index in [1.54, 1.807) is 6.92 Å². The van der Waals surface area contributed by atoms with Crippen LogP contribution >= 0.6 is 11.8 Å². The van der Waals surface area contributed by atoms with Gasteiger partial charge in [0.05, 0.1) is 5.75 Å². The van der Waals surface area contributed by atoms with Crippen LogP contribution in [0.5, 0.6) is 0 Å². The summed E-state index contributed by atoms with van der Waals surface area (Å²) in [6.07, 6.45) is 0. The summed E-state index contributed by atoms with van der Waals surface area (Å²) in [5, 5.41) is 0.406. The van der Waals surface area contributed by atoms with E-state index in [1.807, 2.05) is 0 Å². The molecule has 16 heavy (non-hydrogen) atoms. The Morgan fingerprint density at radius 3 is 2.38 bits per heavy atom. The summed E-state index contributed by atoms with van der Waals surface area (Å²) in [6, 6.07) is 1.45. The zero-order chi connectivity index (χ0) is 12.2. The summed E-state index contributed by atoms with van der Waals surface area (Å²) in [4.78, 5) is 7.87. The van der Waals surface area contributed by atoms with Crippen LogP contribution in [0.15, 0.2) is 11.2 Å². The molecule has 0 bridgehead atoms. The van der Waals surface area contributed by atoms with Gasteiger partial charge >= 0.3 is 0 Å². The second kappa shape index (κ2) is 5.35. The van der Waals surface area contributed by atoms with E-state index in [9.17, 15) is 8.42 Å². The first-order chi connectivity index (χ1) is 7.43. The highest BCUT2D eigenvalue weighted by atomic mass is 32.2. The van der Waals surface area contributed by atoms with E-state index in [0.29, 0.717) is 10.9 Å². The van der Waals surface area contributed by atoms with Crippen molar-refractivity contribution in [3.8, 4) is 0 Å². The van der Waals surface area contributed by atoms with Gasteiger partial charge in [-0.25, -0.2) is 18.4 Å². The Hall–Kier alpha value is -1.02. The van der Waals surface area contributed by atoms with E-state index < -0.39 is 9.84 Å². The van der Waals surface area contributed by atoms with Crippen molar-refractivity contribution >= 4 is 33.2 Å². The molecule has 6 nitrogen and oxygen atoms in total. The molecule has 0 saturated carbocycles. The average molecular weight is 262 g/mol. The molecule has 0 amide bonds. The average Bonchev–Trinajstić information content (AvgIpc) is 2.16. The van der Waals surface area contributed by atoms with Crippen LogP contribution in [-0.4, -0.2) is 35.6 Å². The number of hydrogen-bond donors (Lipinski definition) is 2. The summed E-state index contributed by atoms with van der Waals surface area (Å²) in [5.74, 6) is 1.22. The molecule has 1 rings (SSSR count). The van der Waals surface area contributed by atoms with Gasteiger partial charge in [0.15, 0.2) is 15.0 Å². The minimum absolute atomic E-state index is 0.103. The van der Waals surface area contributed by atoms with Crippen molar-refractivity contribution in [3.63, 3.8) is 0 Å². The molecule has 0 saturated heterocycles. The Kier molecular flexibility index (Phi) is 4.36. The predicted molar refractivity (Wildman–Crippen MR) is 65.9 cm³/mol. The Morgan fingerprint density at radius 2 is 1.88 bits per heavy atom. The van der Waals surface area contributed by atoms with Crippen LogP contribution in [0.1, 0.15) is 6.92 Å². The zero-order valence-corrected chi connectivity index (χ0v) is 10.5. The highest BCUT2D eigenvalue weighted by molar-refractivity contribution is 8.00. The first-order valence-electron chi connectivity index (χ1n) is 4.66. The smallest absolute Gasteiger partial charge is 0.191 e. The number of hydrogen-bond acceptors (Lipinski definition) is 7. The molecule has 0 aliphatic rings. The van der Waals surface area contributed by atoms with Gasteiger partial charge < -0.3 is 11.5 Å². The minimum atomic E-state index is -2.95. The van der Waals surface area contributed by atoms with Gasteiger partial charge in [0.25, 0.3) is 0 Å². The maximum Gasteiger partial charge on any atom is 0.191 e. The van der Waals surface area contributed by atoms with Crippen LogP contribution in [0.25, 0.3) is 0 Å². The lowest BCUT2D eigenvalue weighted by Crippen LogP contribution is -2.10. The zero-order valence-electron chi connectivity index (χ0n) is 8.88. The van der Waals surface area contributed by atoms with Gasteiger partial charge in [-0.05, 0) is 0 Å². The van der Waals surface area contributed by atoms with Crippen molar-refractivity contribution in [3.05, 3.63) is 6.07 Å². The van der Waals surface area contributed by atoms with E-state index in [-0.39, 0.29) is 23.1 Å². The van der Waals surface area contributed by atoms with Crippen LogP contribution < -0.4 is 11.5 Å². The molecule has 0 fully saturated rings. The standard InChI is InChI=1S/C8H14N4O2S2/c1-2-16(13,14)4-3-15-8-11-6(9)5-7(10)12-8/h5H,2-4H2,1H3,(H4,9,10,11,12). The first kappa shape index (κ1) is 13.0. The maximum atomic E-state index is 11.2. The van der Waals surface area contributed by atoms with E-state index in [1.165, 1.54) is 17.8 Å².